The lowest BCUT2D eigenvalue weighted by Crippen LogP contribution is -2.35. The van der Waals surface area contributed by atoms with E-state index in [9.17, 15) is 4.39 Å². The van der Waals surface area contributed by atoms with Gasteiger partial charge in [-0.25, -0.2) is 4.39 Å². The second kappa shape index (κ2) is 7.90. The molecule has 1 heterocycles. The quantitative estimate of drug-likeness (QED) is 0.887. The monoisotopic (exact) mass is 292 g/mol. The summed E-state index contributed by atoms with van der Waals surface area (Å²) in [7, 11) is 0. The van der Waals surface area contributed by atoms with Crippen LogP contribution in [0.2, 0.25) is 0 Å². The maximum absolute atomic E-state index is 14.2. The first kappa shape index (κ1) is 16.4. The van der Waals surface area contributed by atoms with E-state index in [2.05, 4.69) is 11.8 Å². The van der Waals surface area contributed by atoms with Crippen LogP contribution >= 0.6 is 0 Å². The molecule has 0 radical (unpaired) electrons. The fourth-order valence-electron chi connectivity index (χ4n) is 3.59. The van der Waals surface area contributed by atoms with Crippen LogP contribution in [0.15, 0.2) is 18.2 Å². The fourth-order valence-corrected chi connectivity index (χ4v) is 3.59. The van der Waals surface area contributed by atoms with Crippen LogP contribution < -0.4 is 5.73 Å². The SMILES string of the molecule is CCCC1CCCN(C(CN)c2cc(C)ccc2F)CC1. The maximum atomic E-state index is 14.2. The summed E-state index contributed by atoms with van der Waals surface area (Å²) in [6.45, 7) is 6.83. The van der Waals surface area contributed by atoms with Crippen LogP contribution in [0.3, 0.4) is 0 Å². The highest BCUT2D eigenvalue weighted by Crippen LogP contribution is 2.29. The molecular weight excluding hydrogens is 263 g/mol. The van der Waals surface area contributed by atoms with Gasteiger partial charge in [0.1, 0.15) is 5.82 Å². The van der Waals surface area contributed by atoms with Crippen molar-refractivity contribution < 1.29 is 4.39 Å². The Hall–Kier alpha value is -0.930. The molecule has 1 aromatic carbocycles. The molecule has 2 rings (SSSR count). The maximum Gasteiger partial charge on any atom is 0.128 e. The van der Waals surface area contributed by atoms with Crippen LogP contribution in [-0.2, 0) is 0 Å². The summed E-state index contributed by atoms with van der Waals surface area (Å²) in [4.78, 5) is 2.40. The number of halogens is 1. The van der Waals surface area contributed by atoms with E-state index in [1.54, 1.807) is 6.07 Å². The first-order valence-corrected chi connectivity index (χ1v) is 8.35. The molecule has 0 spiro atoms. The third-order valence-corrected chi connectivity index (χ3v) is 4.75. The molecule has 0 aromatic heterocycles. The first-order chi connectivity index (χ1) is 10.2. The molecule has 2 N–H and O–H groups in total. The summed E-state index contributed by atoms with van der Waals surface area (Å²) in [5.74, 6) is 0.714. The summed E-state index contributed by atoms with van der Waals surface area (Å²) in [6.07, 6.45) is 6.31. The topological polar surface area (TPSA) is 29.3 Å². The van der Waals surface area contributed by atoms with Gasteiger partial charge < -0.3 is 5.73 Å². The minimum Gasteiger partial charge on any atom is -0.329 e. The molecule has 1 aliphatic heterocycles. The van der Waals surface area contributed by atoms with Gasteiger partial charge in [0.2, 0.25) is 0 Å². The van der Waals surface area contributed by atoms with Crippen molar-refractivity contribution in [1.29, 1.82) is 0 Å². The first-order valence-electron chi connectivity index (χ1n) is 8.35. The minimum atomic E-state index is -0.120. The van der Waals surface area contributed by atoms with E-state index in [4.69, 9.17) is 5.73 Å². The summed E-state index contributed by atoms with van der Waals surface area (Å²) in [5.41, 5.74) is 7.86. The van der Waals surface area contributed by atoms with Crippen LogP contribution in [0.25, 0.3) is 0 Å². The lowest BCUT2D eigenvalue weighted by atomic mass is 9.96. The fraction of sp³-hybridized carbons (Fsp3) is 0.667. The largest absolute Gasteiger partial charge is 0.329 e. The lowest BCUT2D eigenvalue weighted by Gasteiger charge is -2.30. The van der Waals surface area contributed by atoms with Crippen LogP contribution in [0.5, 0.6) is 0 Å². The Kier molecular flexibility index (Phi) is 6.19. The van der Waals surface area contributed by atoms with Crippen LogP contribution in [0, 0.1) is 18.7 Å². The molecule has 2 nitrogen and oxygen atoms in total. The molecular formula is C18H29FN2. The van der Waals surface area contributed by atoms with Crippen molar-refractivity contribution in [3.8, 4) is 0 Å². The second-order valence-electron chi connectivity index (χ2n) is 6.40. The Labute approximate surface area is 128 Å². The molecule has 3 heteroatoms. The zero-order valence-electron chi connectivity index (χ0n) is 13.4. The van der Waals surface area contributed by atoms with E-state index in [-0.39, 0.29) is 11.9 Å². The molecule has 0 bridgehead atoms. The molecule has 0 amide bonds. The van der Waals surface area contributed by atoms with E-state index in [0.717, 1.165) is 30.1 Å². The van der Waals surface area contributed by atoms with Crippen molar-refractivity contribution in [2.75, 3.05) is 19.6 Å². The second-order valence-corrected chi connectivity index (χ2v) is 6.40. The van der Waals surface area contributed by atoms with Gasteiger partial charge in [0, 0.05) is 18.2 Å². The van der Waals surface area contributed by atoms with Gasteiger partial charge in [-0.05, 0) is 51.3 Å². The number of nitrogens with zero attached hydrogens (tertiary/aromatic N) is 1. The minimum absolute atomic E-state index is 0.0188. The Morgan fingerprint density at radius 1 is 1.33 bits per heavy atom. The molecule has 118 valence electrons. The standard InChI is InChI=1S/C18H29FN2/c1-3-5-15-6-4-10-21(11-9-15)18(13-20)16-12-14(2)7-8-17(16)19/h7-8,12,15,18H,3-6,9-11,13,20H2,1-2H3. The number of rotatable bonds is 5. The number of aryl methyl sites for hydroxylation is 1. The van der Waals surface area contributed by atoms with Gasteiger partial charge in [-0.15, -0.1) is 0 Å². The van der Waals surface area contributed by atoms with E-state index >= 15 is 0 Å². The van der Waals surface area contributed by atoms with Gasteiger partial charge in [0.15, 0.2) is 0 Å². The van der Waals surface area contributed by atoms with Crippen molar-refractivity contribution in [2.45, 2.75) is 52.0 Å². The Bertz CT molecular complexity index is 447. The molecule has 0 saturated carbocycles. The van der Waals surface area contributed by atoms with E-state index in [0.29, 0.717) is 6.54 Å². The van der Waals surface area contributed by atoms with E-state index in [1.807, 2.05) is 19.1 Å². The highest BCUT2D eigenvalue weighted by atomic mass is 19.1. The van der Waals surface area contributed by atoms with Crippen LogP contribution in [0.4, 0.5) is 4.39 Å². The van der Waals surface area contributed by atoms with Crippen LogP contribution in [-0.4, -0.2) is 24.5 Å². The average molecular weight is 292 g/mol. The molecule has 1 aliphatic rings. The summed E-state index contributed by atoms with van der Waals surface area (Å²) >= 11 is 0. The highest BCUT2D eigenvalue weighted by molar-refractivity contribution is 5.27. The molecule has 1 saturated heterocycles. The molecule has 0 aliphatic carbocycles. The van der Waals surface area contributed by atoms with Crippen molar-refractivity contribution in [3.05, 3.63) is 35.1 Å². The normalized spacial score (nSPS) is 22.0. The summed E-state index contributed by atoms with van der Waals surface area (Å²) in [6, 6.07) is 5.38. The third-order valence-electron chi connectivity index (χ3n) is 4.75. The van der Waals surface area contributed by atoms with Crippen molar-refractivity contribution in [3.63, 3.8) is 0 Å². The number of nitrogens with two attached hydrogens (primary N) is 1. The van der Waals surface area contributed by atoms with Gasteiger partial charge >= 0.3 is 0 Å². The van der Waals surface area contributed by atoms with Crippen molar-refractivity contribution in [2.24, 2.45) is 11.7 Å². The Balaban J connectivity index is 2.12. The smallest absolute Gasteiger partial charge is 0.128 e. The zero-order valence-corrected chi connectivity index (χ0v) is 13.4. The molecule has 2 unspecified atom stereocenters. The predicted octanol–water partition coefficient (Wildman–Crippen LogP) is 4.04. The number of likely N-dealkylation sites (tertiary alicyclic amines) is 1. The number of hydrogen-bond acceptors (Lipinski definition) is 2. The van der Waals surface area contributed by atoms with E-state index < -0.39 is 0 Å². The third kappa shape index (κ3) is 4.27. The predicted molar refractivity (Wildman–Crippen MR) is 86.8 cm³/mol. The molecule has 1 fully saturated rings. The van der Waals surface area contributed by atoms with Gasteiger partial charge in [0.05, 0.1) is 0 Å². The van der Waals surface area contributed by atoms with Gasteiger partial charge in [-0.1, -0.05) is 37.5 Å². The van der Waals surface area contributed by atoms with E-state index in [1.165, 1.54) is 32.1 Å². The number of benzene rings is 1. The van der Waals surface area contributed by atoms with Gasteiger partial charge in [0.25, 0.3) is 0 Å². The summed E-state index contributed by atoms with van der Waals surface area (Å²) in [5, 5.41) is 0. The van der Waals surface area contributed by atoms with Crippen molar-refractivity contribution in [1.82, 2.24) is 4.90 Å². The van der Waals surface area contributed by atoms with Crippen molar-refractivity contribution >= 4 is 0 Å². The summed E-state index contributed by atoms with van der Waals surface area (Å²) < 4.78 is 14.2. The zero-order chi connectivity index (χ0) is 15.2. The number of hydrogen-bond donors (Lipinski definition) is 1. The Morgan fingerprint density at radius 3 is 2.86 bits per heavy atom. The average Bonchev–Trinajstić information content (AvgIpc) is 2.70. The Morgan fingerprint density at radius 2 is 2.14 bits per heavy atom. The van der Waals surface area contributed by atoms with Gasteiger partial charge in [-0.3, -0.25) is 4.90 Å². The lowest BCUT2D eigenvalue weighted by molar-refractivity contribution is 0.202. The van der Waals surface area contributed by atoms with Gasteiger partial charge in [-0.2, -0.15) is 0 Å². The molecule has 1 aromatic rings. The molecule has 2 atom stereocenters. The highest BCUT2D eigenvalue weighted by Gasteiger charge is 2.25. The van der Waals surface area contributed by atoms with Crippen LogP contribution in [0.1, 0.15) is 56.2 Å². The molecule has 21 heavy (non-hydrogen) atoms.